The fourth-order valence-electron chi connectivity index (χ4n) is 1.55. The van der Waals surface area contributed by atoms with Crippen molar-refractivity contribution in [1.29, 1.82) is 0 Å². The van der Waals surface area contributed by atoms with Crippen molar-refractivity contribution >= 4 is 11.8 Å². The summed E-state index contributed by atoms with van der Waals surface area (Å²) < 4.78 is 7.72. The third-order valence-corrected chi connectivity index (χ3v) is 3.35. The average molecular weight is 228 g/mol. The third-order valence-electron chi connectivity index (χ3n) is 2.32. The maximum absolute atomic E-state index is 11.8. The normalized spacial score (nSPS) is 14.2. The predicted molar refractivity (Wildman–Crippen MR) is 57.6 cm³/mol. The summed E-state index contributed by atoms with van der Waals surface area (Å²) >= 11 is 1.55. The van der Waals surface area contributed by atoms with Crippen molar-refractivity contribution in [3.05, 3.63) is 26.9 Å². The van der Waals surface area contributed by atoms with E-state index >= 15 is 0 Å². The lowest BCUT2D eigenvalue weighted by molar-refractivity contribution is 0.184. The zero-order valence-corrected chi connectivity index (χ0v) is 9.25. The van der Waals surface area contributed by atoms with Crippen LogP contribution in [0.25, 0.3) is 0 Å². The number of nitrogens with zero attached hydrogens (tertiary/aromatic N) is 2. The fraction of sp³-hybridized carbons (Fsp3) is 0.556. The van der Waals surface area contributed by atoms with Gasteiger partial charge in [-0.25, -0.2) is 4.79 Å². The molecule has 0 atom stereocenters. The molecule has 15 heavy (non-hydrogen) atoms. The van der Waals surface area contributed by atoms with E-state index in [9.17, 15) is 9.59 Å². The lowest BCUT2D eigenvalue weighted by atomic mass is 10.5. The highest BCUT2D eigenvalue weighted by molar-refractivity contribution is 7.99. The second-order valence-corrected chi connectivity index (χ2v) is 4.36. The summed E-state index contributed by atoms with van der Waals surface area (Å²) in [5, 5.41) is 0.777. The smallest absolute Gasteiger partial charge is 0.331 e. The second-order valence-electron chi connectivity index (χ2n) is 3.25. The molecule has 0 radical (unpaired) electrons. The standard InChI is InChI=1S/C9H12N2O3S/c1-14-4-2-10-7(12)6-8-11(9(10)13)3-5-15-8/h6H,2-5H2,1H3. The lowest BCUT2D eigenvalue weighted by Gasteiger charge is -2.07. The van der Waals surface area contributed by atoms with Gasteiger partial charge in [-0.2, -0.15) is 0 Å². The van der Waals surface area contributed by atoms with E-state index in [4.69, 9.17) is 4.74 Å². The Morgan fingerprint density at radius 3 is 3.07 bits per heavy atom. The minimum absolute atomic E-state index is 0.223. The van der Waals surface area contributed by atoms with Gasteiger partial charge in [-0.3, -0.25) is 13.9 Å². The van der Waals surface area contributed by atoms with Gasteiger partial charge in [-0.15, -0.1) is 11.8 Å². The van der Waals surface area contributed by atoms with Gasteiger partial charge in [0.2, 0.25) is 0 Å². The van der Waals surface area contributed by atoms with Crippen LogP contribution in [-0.4, -0.2) is 28.6 Å². The van der Waals surface area contributed by atoms with Crippen molar-refractivity contribution in [1.82, 2.24) is 9.13 Å². The molecular formula is C9H12N2O3S. The highest BCUT2D eigenvalue weighted by Crippen LogP contribution is 2.20. The summed E-state index contributed by atoms with van der Waals surface area (Å²) in [6, 6.07) is 1.52. The highest BCUT2D eigenvalue weighted by Gasteiger charge is 2.16. The SMILES string of the molecule is COCCn1c(=O)cc2n(c1=O)CCS2. The molecule has 0 amide bonds. The first kappa shape index (κ1) is 10.5. The Morgan fingerprint density at radius 1 is 1.53 bits per heavy atom. The van der Waals surface area contributed by atoms with Crippen molar-refractivity contribution in [2.24, 2.45) is 0 Å². The van der Waals surface area contributed by atoms with Gasteiger partial charge in [0.25, 0.3) is 5.56 Å². The van der Waals surface area contributed by atoms with Gasteiger partial charge < -0.3 is 4.74 Å². The van der Waals surface area contributed by atoms with E-state index in [-0.39, 0.29) is 11.2 Å². The van der Waals surface area contributed by atoms with Crippen LogP contribution in [-0.2, 0) is 17.8 Å². The van der Waals surface area contributed by atoms with Gasteiger partial charge in [-0.1, -0.05) is 0 Å². The Bertz CT molecular complexity index is 477. The number of fused-ring (bicyclic) bond motifs is 1. The number of hydrogen-bond donors (Lipinski definition) is 0. The molecule has 0 saturated carbocycles. The Kier molecular flexibility index (Phi) is 2.97. The first-order chi connectivity index (χ1) is 7.24. The van der Waals surface area contributed by atoms with Crippen LogP contribution in [0.2, 0.25) is 0 Å². The minimum atomic E-state index is -0.238. The molecule has 1 aromatic rings. The number of hydrogen-bond acceptors (Lipinski definition) is 4. The van der Waals surface area contributed by atoms with E-state index in [1.807, 2.05) is 0 Å². The molecule has 1 aliphatic heterocycles. The van der Waals surface area contributed by atoms with E-state index in [2.05, 4.69) is 0 Å². The number of ether oxygens (including phenoxy) is 1. The van der Waals surface area contributed by atoms with Gasteiger partial charge in [0.1, 0.15) is 0 Å². The number of thioether (sulfide) groups is 1. The summed E-state index contributed by atoms with van der Waals surface area (Å²) in [5.41, 5.74) is -0.461. The van der Waals surface area contributed by atoms with E-state index < -0.39 is 0 Å². The molecule has 1 aromatic heterocycles. The van der Waals surface area contributed by atoms with Crippen molar-refractivity contribution in [2.45, 2.75) is 18.1 Å². The number of methoxy groups -OCH3 is 1. The van der Waals surface area contributed by atoms with Crippen LogP contribution < -0.4 is 11.2 Å². The van der Waals surface area contributed by atoms with Crippen LogP contribution >= 0.6 is 11.8 Å². The second kappa shape index (κ2) is 4.24. The van der Waals surface area contributed by atoms with Gasteiger partial charge in [0.05, 0.1) is 18.2 Å². The van der Waals surface area contributed by atoms with Crippen molar-refractivity contribution in [3.8, 4) is 0 Å². The molecule has 82 valence electrons. The quantitative estimate of drug-likeness (QED) is 0.670. The molecule has 0 bridgehead atoms. The van der Waals surface area contributed by atoms with E-state index in [0.29, 0.717) is 19.7 Å². The topological polar surface area (TPSA) is 53.2 Å². The first-order valence-electron chi connectivity index (χ1n) is 4.70. The Hall–Kier alpha value is -1.01. The van der Waals surface area contributed by atoms with Crippen LogP contribution in [0.15, 0.2) is 20.7 Å². The van der Waals surface area contributed by atoms with Crippen molar-refractivity contribution < 1.29 is 4.74 Å². The van der Waals surface area contributed by atoms with Crippen molar-refractivity contribution in [2.75, 3.05) is 19.5 Å². The molecule has 2 heterocycles. The van der Waals surface area contributed by atoms with Crippen LogP contribution in [0.3, 0.4) is 0 Å². The largest absolute Gasteiger partial charge is 0.383 e. The molecule has 0 aromatic carbocycles. The third kappa shape index (κ3) is 1.87. The molecule has 0 aliphatic carbocycles. The Balaban J connectivity index is 2.47. The molecule has 0 spiro atoms. The number of aromatic nitrogens is 2. The van der Waals surface area contributed by atoms with Crippen LogP contribution in [0.4, 0.5) is 0 Å². The molecule has 0 fully saturated rings. The lowest BCUT2D eigenvalue weighted by Crippen LogP contribution is -2.40. The van der Waals surface area contributed by atoms with Crippen LogP contribution in [0.5, 0.6) is 0 Å². The molecule has 5 nitrogen and oxygen atoms in total. The summed E-state index contributed by atoms with van der Waals surface area (Å²) in [6.45, 7) is 1.38. The molecule has 6 heteroatoms. The minimum Gasteiger partial charge on any atom is -0.383 e. The zero-order valence-electron chi connectivity index (χ0n) is 8.43. The molecule has 2 rings (SSSR count). The maximum atomic E-state index is 11.8. The van der Waals surface area contributed by atoms with Crippen molar-refractivity contribution in [3.63, 3.8) is 0 Å². The number of rotatable bonds is 3. The Morgan fingerprint density at radius 2 is 2.33 bits per heavy atom. The van der Waals surface area contributed by atoms with Crippen LogP contribution in [0.1, 0.15) is 0 Å². The fourth-order valence-corrected chi connectivity index (χ4v) is 2.54. The van der Waals surface area contributed by atoms with E-state index in [0.717, 1.165) is 10.8 Å². The Labute approximate surface area is 90.7 Å². The highest BCUT2D eigenvalue weighted by atomic mass is 32.2. The summed E-state index contributed by atoms with van der Waals surface area (Å²) in [5.74, 6) is 0.864. The van der Waals surface area contributed by atoms with Gasteiger partial charge >= 0.3 is 5.69 Å². The molecular weight excluding hydrogens is 216 g/mol. The van der Waals surface area contributed by atoms with E-state index in [1.165, 1.54) is 10.6 Å². The molecule has 0 N–H and O–H groups in total. The summed E-state index contributed by atoms with van der Waals surface area (Å²) in [6.07, 6.45) is 0. The average Bonchev–Trinajstić information content (AvgIpc) is 2.65. The predicted octanol–water partition coefficient (Wildman–Crippen LogP) is -0.238. The van der Waals surface area contributed by atoms with Gasteiger partial charge in [-0.05, 0) is 0 Å². The van der Waals surface area contributed by atoms with Gasteiger partial charge in [0.15, 0.2) is 0 Å². The van der Waals surface area contributed by atoms with Crippen LogP contribution in [0, 0.1) is 0 Å². The van der Waals surface area contributed by atoms with Gasteiger partial charge in [0, 0.05) is 25.5 Å². The maximum Gasteiger partial charge on any atom is 0.331 e. The molecule has 1 aliphatic rings. The molecule has 0 saturated heterocycles. The summed E-state index contributed by atoms with van der Waals surface area (Å²) in [7, 11) is 1.55. The molecule has 0 unspecified atom stereocenters. The summed E-state index contributed by atoms with van der Waals surface area (Å²) in [4.78, 5) is 23.4. The zero-order chi connectivity index (χ0) is 10.8. The van der Waals surface area contributed by atoms with E-state index in [1.54, 1.807) is 23.4 Å². The monoisotopic (exact) mass is 228 g/mol. The first-order valence-corrected chi connectivity index (χ1v) is 5.69.